The Kier molecular flexibility index (Phi) is 50.2. The lowest BCUT2D eigenvalue weighted by Gasteiger charge is -2.43. The van der Waals surface area contributed by atoms with Crippen LogP contribution in [0.3, 0.4) is 0 Å². The predicted molar refractivity (Wildman–Crippen MR) is 560 cm³/mol. The van der Waals surface area contributed by atoms with Crippen LogP contribution in [0, 0.1) is 30.2 Å². The molecule has 0 atom stereocenters. The van der Waals surface area contributed by atoms with Gasteiger partial charge in [-0.3, -0.25) is 0 Å². The second-order valence-electron chi connectivity index (χ2n) is 37.9. The zero-order valence-electron chi connectivity index (χ0n) is 84.8. The van der Waals surface area contributed by atoms with Gasteiger partial charge in [-0.1, -0.05) is 84.4 Å². The maximum atomic E-state index is 14.2. The number of aromatic nitrogens is 2. The molecule has 0 unspecified atom stereocenters. The van der Waals surface area contributed by atoms with Crippen molar-refractivity contribution < 1.29 is 119 Å². The Morgan fingerprint density at radius 2 is 0.780 bits per heavy atom. The number of carbonyl (C=O) groups is 4. The number of rotatable bonds is 10. The standard InChI is InChI=1S/C17H23FN2O2.C16H22F2N2O2.C12H15FN2.C12H14FN.C11H13ClN2O.C11H13F3N2.C11H14F2N2.C11H14N2O.2C2HF3O2.3ClH/c1-16(2,3)22-15(21)19-10-11-20(17(12-19)8-9-17)14-6-4-13(18)5-7-14;1-15(2,3)22-14(21)20-10-9-19(11-16(17,18)12-20)13-7-5-4-6-8-13;13-10-1-3-11(4-2-10)15-8-7-14-9-12(15)5-6-12;1-9-2-3-11(8-12(9)13)10-4-6-14-7-5-10;1-15-11-9(12)2-3-10(14-11)8-4-6-13-7-5-8;12-9-1-3-10(4-2-9)16-6-5-15-7-11(13,14)8-16;12-11(13)8-14-6-7-15(9-11)10-4-2-1-3-5-10;1-14-11-4-2-3-10(13-11)9-5-7-12-8-6-9;2*3-2(4,5)1(6)7;;;/h4-7H,8-12H2,1-3H3;4-8H,9-12H2,1-3H3;1-4,14H,5-9H2;2-4,8,14H,5-7H2,1H3;2-4,13H,5-7H2,1H3;1-4,15H,5-8H2;1-5,14H,6-9H2;2-5,12H,6-8H2,1H3;2*(H,6,7);3*1H. The SMILES string of the molecule is CC(C)(C)OC(=O)N1CCN(c2ccc(F)cc2)C2(CC2)C1.CC(C)(C)OC(=O)N1CCN(c2ccccc2)CC(F)(F)C1.COc1cccc(C2=CCNCC2)n1.COc1nc(C2=CCNCC2)ccc1Cl.Cc1ccc(C2=CCNCC2)cc1F.Cl.Cl.Cl.FC1(F)CNCCN(c2ccccc2)C1.Fc1ccc(N2CCNCC(F)(F)C2)cc1.Fc1ccc(N2CCNCC23CC3)cc1.O=C(O)C(F)(F)F.O=C(O)C(F)(F)F. The highest BCUT2D eigenvalue weighted by atomic mass is 35.5. The number of halogens is 20. The fourth-order valence-corrected chi connectivity index (χ4v) is 16.4. The van der Waals surface area contributed by atoms with Gasteiger partial charge in [0.25, 0.3) is 17.8 Å². The molecule has 2 aromatic heterocycles. The Labute approximate surface area is 887 Å². The van der Waals surface area contributed by atoms with Crippen molar-refractivity contribution in [3.63, 3.8) is 0 Å². The van der Waals surface area contributed by atoms with Gasteiger partial charge in [0.2, 0.25) is 11.8 Å². The molecule has 45 heteroatoms. The van der Waals surface area contributed by atoms with Crippen molar-refractivity contribution in [3.05, 3.63) is 251 Å². The minimum Gasteiger partial charge on any atom is -0.481 e. The summed E-state index contributed by atoms with van der Waals surface area (Å²) in [7, 11) is 3.22. The van der Waals surface area contributed by atoms with Gasteiger partial charge >= 0.3 is 36.5 Å². The molecule has 7 fully saturated rings. The first-order valence-corrected chi connectivity index (χ1v) is 48.4. The van der Waals surface area contributed by atoms with Crippen LogP contribution in [-0.4, -0.2) is 278 Å². The molecule has 828 valence electrons. The molecule has 0 bridgehead atoms. The summed E-state index contributed by atoms with van der Waals surface area (Å²) in [6.07, 6.45) is 3.04. The molecule has 6 aromatic carbocycles. The lowest BCUT2D eigenvalue weighted by Crippen LogP contribution is -2.57. The van der Waals surface area contributed by atoms with E-state index in [0.717, 1.165) is 142 Å². The molecule has 2 aliphatic carbocycles. The summed E-state index contributed by atoms with van der Waals surface area (Å²) in [5, 5.41) is 33.4. The Morgan fingerprint density at radius 1 is 0.393 bits per heavy atom. The van der Waals surface area contributed by atoms with Crippen molar-refractivity contribution in [1.82, 2.24) is 51.7 Å². The van der Waals surface area contributed by atoms with Gasteiger partial charge in [0.05, 0.1) is 76.0 Å². The molecule has 18 rings (SSSR count). The molecule has 10 heterocycles. The molecule has 8 N–H and O–H groups in total. The summed E-state index contributed by atoms with van der Waals surface area (Å²) in [6.45, 7) is 24.3. The number of piperazine rings is 2. The van der Waals surface area contributed by atoms with Crippen LogP contribution in [0.4, 0.5) is 108 Å². The number of para-hydroxylation sites is 2. The van der Waals surface area contributed by atoms with Gasteiger partial charge in [-0.05, 0) is 262 Å². The summed E-state index contributed by atoms with van der Waals surface area (Å²) in [4.78, 5) is 63.4. The van der Waals surface area contributed by atoms with E-state index in [0.29, 0.717) is 79.4 Å². The minimum absolute atomic E-state index is 0. The van der Waals surface area contributed by atoms with Crippen LogP contribution in [0.2, 0.25) is 5.02 Å². The summed E-state index contributed by atoms with van der Waals surface area (Å²) >= 11 is 5.92. The van der Waals surface area contributed by atoms with Crippen molar-refractivity contribution in [2.75, 3.05) is 196 Å². The van der Waals surface area contributed by atoms with Crippen LogP contribution in [-0.2, 0) is 19.1 Å². The minimum atomic E-state index is -5.08. The van der Waals surface area contributed by atoms with Gasteiger partial charge in [-0.2, -0.15) is 26.3 Å². The van der Waals surface area contributed by atoms with Crippen LogP contribution in [0.25, 0.3) is 16.7 Å². The average Bonchev–Trinajstić information content (AvgIpc) is 1.58. The lowest BCUT2D eigenvalue weighted by molar-refractivity contribution is -0.193. The first kappa shape index (κ1) is 127. The molecule has 2 amide bonds. The van der Waals surface area contributed by atoms with Gasteiger partial charge < -0.3 is 95.4 Å². The number of nitrogens with zero attached hydrogens (tertiary/aromatic N) is 9. The first-order valence-electron chi connectivity index (χ1n) is 48.0. The second-order valence-corrected chi connectivity index (χ2v) is 38.3. The van der Waals surface area contributed by atoms with E-state index in [1.165, 1.54) is 66.0 Å². The average molecular weight is 2210 g/mol. The van der Waals surface area contributed by atoms with Crippen LogP contribution in [0.15, 0.2) is 200 Å². The van der Waals surface area contributed by atoms with Crippen LogP contribution in [0.5, 0.6) is 11.8 Å². The number of carboxylic acid groups (broad SMARTS) is 2. The fourth-order valence-electron chi connectivity index (χ4n) is 16.2. The summed E-state index contributed by atoms with van der Waals surface area (Å²) in [5.74, 6) is -13.6. The Hall–Kier alpha value is -11.3. The monoisotopic (exact) mass is 2210 g/mol. The van der Waals surface area contributed by atoms with E-state index in [9.17, 15) is 79.8 Å². The van der Waals surface area contributed by atoms with Crippen molar-refractivity contribution in [3.8, 4) is 11.8 Å². The normalized spacial score (nSPS) is 18.0. The number of hydrogen-bond acceptors (Lipinski definition) is 21. The molecular formula is C105H133Cl4F16N15O10. The van der Waals surface area contributed by atoms with Gasteiger partial charge in [0, 0.05) is 133 Å². The fraction of sp³-hybridized carbons (Fsp3) is 0.467. The summed E-state index contributed by atoms with van der Waals surface area (Å²) < 4.78 is 218. The highest BCUT2D eigenvalue weighted by molar-refractivity contribution is 6.31. The topological polar surface area (TPSA) is 266 Å². The largest absolute Gasteiger partial charge is 0.490 e. The van der Waals surface area contributed by atoms with Crippen LogP contribution in [0.1, 0.15) is 109 Å². The Bertz CT molecular complexity index is 5570. The molecule has 10 aliphatic rings. The van der Waals surface area contributed by atoms with E-state index in [-0.39, 0.29) is 105 Å². The van der Waals surface area contributed by atoms with Crippen molar-refractivity contribution >= 4 is 118 Å². The lowest BCUT2D eigenvalue weighted by atomic mass is 9.99. The molecule has 8 aliphatic heterocycles. The quantitative estimate of drug-likeness (QED) is 0.0591. The highest BCUT2D eigenvalue weighted by Crippen LogP contribution is 2.48. The first-order chi connectivity index (χ1) is 69.4. The van der Waals surface area contributed by atoms with Crippen LogP contribution < -0.4 is 65.9 Å². The van der Waals surface area contributed by atoms with Crippen molar-refractivity contribution in [1.29, 1.82) is 0 Å². The van der Waals surface area contributed by atoms with E-state index in [1.54, 1.807) is 91.8 Å². The van der Waals surface area contributed by atoms with Gasteiger partial charge in [0.1, 0.15) is 39.5 Å². The van der Waals surface area contributed by atoms with Crippen molar-refractivity contribution in [2.24, 2.45) is 0 Å². The summed E-state index contributed by atoms with van der Waals surface area (Å²) in [5.41, 5.74) is 11.1. The van der Waals surface area contributed by atoms with Gasteiger partial charge in [-0.15, -0.1) is 37.2 Å². The maximum absolute atomic E-state index is 14.2. The number of ether oxygens (including phenoxy) is 4. The molecule has 0 radical (unpaired) electrons. The third-order valence-electron chi connectivity index (χ3n) is 23.9. The van der Waals surface area contributed by atoms with E-state index >= 15 is 0 Å². The highest BCUT2D eigenvalue weighted by Gasteiger charge is 2.53. The number of aliphatic carboxylic acids is 2. The molecular weight excluding hydrogens is 2080 g/mol. The Balaban J connectivity index is 0.000000257. The zero-order chi connectivity index (χ0) is 108. The number of aryl methyl sites for hydroxylation is 1. The molecule has 8 aromatic rings. The number of benzene rings is 6. The van der Waals surface area contributed by atoms with Gasteiger partial charge in [-0.25, -0.2) is 73.1 Å². The third-order valence-corrected chi connectivity index (χ3v) is 24.2. The number of carbonyl (C=O) groups excluding carboxylic acids is 2. The van der Waals surface area contributed by atoms with Gasteiger partial charge in [0.15, 0.2) is 0 Å². The number of amides is 2. The molecule has 2 saturated carbocycles. The molecule has 25 nitrogen and oxygen atoms in total. The number of alkyl halides is 12. The maximum Gasteiger partial charge on any atom is 0.490 e. The Morgan fingerprint density at radius 3 is 1.19 bits per heavy atom. The number of hydrogen-bond donors (Lipinski definition) is 8. The number of pyridine rings is 2. The predicted octanol–water partition coefficient (Wildman–Crippen LogP) is 20.8. The van der Waals surface area contributed by atoms with E-state index in [4.69, 9.17) is 50.4 Å². The smallest absolute Gasteiger partial charge is 0.481 e. The number of nitrogens with one attached hydrogen (secondary N) is 6. The molecule has 5 saturated heterocycles. The number of anilines is 5. The van der Waals surface area contributed by atoms with E-state index in [2.05, 4.69) is 69.9 Å². The number of methoxy groups -OCH3 is 2. The number of carboxylic acids is 2. The van der Waals surface area contributed by atoms with E-state index < -0.39 is 72.4 Å². The summed E-state index contributed by atoms with van der Waals surface area (Å²) in [6, 6.07) is 52.6. The van der Waals surface area contributed by atoms with Crippen molar-refractivity contribution in [2.45, 2.75) is 146 Å². The van der Waals surface area contributed by atoms with E-state index in [1.807, 2.05) is 136 Å². The van der Waals surface area contributed by atoms with Crippen LogP contribution >= 0.6 is 48.8 Å². The molecule has 2 spiro atoms. The molecule has 150 heavy (non-hydrogen) atoms. The zero-order valence-corrected chi connectivity index (χ0v) is 88.0. The third kappa shape index (κ3) is 43.1. The second kappa shape index (κ2) is 59.1.